The Kier molecular flexibility index (Phi) is 3.33. The highest BCUT2D eigenvalue weighted by Gasteiger charge is 2.05. The summed E-state index contributed by atoms with van der Waals surface area (Å²) in [5.74, 6) is 1.12. The molecule has 0 aliphatic carbocycles. The summed E-state index contributed by atoms with van der Waals surface area (Å²) in [5.41, 5.74) is 0. The number of nitrogens with zero attached hydrogens (tertiary/aromatic N) is 2. The third kappa shape index (κ3) is 2.45. The van der Waals surface area contributed by atoms with Gasteiger partial charge >= 0.3 is 0 Å². The molecule has 0 saturated heterocycles. The molecule has 0 radical (unpaired) electrons. The minimum Gasteiger partial charge on any atom is -0.338 e. The van der Waals surface area contributed by atoms with Gasteiger partial charge in [-0.1, -0.05) is 17.7 Å². The van der Waals surface area contributed by atoms with Crippen LogP contribution in [0.15, 0.2) is 12.4 Å². The maximum absolute atomic E-state index is 4.22. The third-order valence-corrected chi connectivity index (χ3v) is 3.18. The number of hydrogen-bond acceptors (Lipinski definition) is 3. The van der Waals surface area contributed by atoms with Crippen molar-refractivity contribution in [3.05, 3.63) is 18.2 Å². The Hall–Kier alpha value is -0.0900. The van der Waals surface area contributed by atoms with Gasteiger partial charge in [0.05, 0.1) is 0 Å². The molecule has 0 fully saturated rings. The molecule has 4 heteroatoms. The second kappa shape index (κ2) is 4.07. The van der Waals surface area contributed by atoms with E-state index in [4.69, 9.17) is 0 Å². The second-order valence-electron chi connectivity index (χ2n) is 2.57. The van der Waals surface area contributed by atoms with E-state index in [2.05, 4.69) is 23.6 Å². The lowest BCUT2D eigenvalue weighted by Gasteiger charge is -2.05. The molecule has 0 spiro atoms. The molecule has 1 aromatic rings. The van der Waals surface area contributed by atoms with Crippen LogP contribution >= 0.6 is 22.5 Å². The molecule has 11 heavy (non-hydrogen) atoms. The first-order chi connectivity index (χ1) is 5.24. The summed E-state index contributed by atoms with van der Waals surface area (Å²) in [6.07, 6.45) is 4.77. The molecule has 1 rings (SSSR count). The van der Waals surface area contributed by atoms with Crippen molar-refractivity contribution in [3.63, 3.8) is 0 Å². The SMILES string of the molecule is CC(Cc1nccn1C)SS. The molecule has 0 aliphatic rings. The molecular formula is C7H12N2S2. The van der Waals surface area contributed by atoms with Crippen molar-refractivity contribution in [1.82, 2.24) is 9.55 Å². The minimum atomic E-state index is 0.527. The van der Waals surface area contributed by atoms with Crippen molar-refractivity contribution in [2.75, 3.05) is 0 Å². The second-order valence-corrected chi connectivity index (χ2v) is 4.22. The fourth-order valence-corrected chi connectivity index (χ4v) is 1.33. The molecule has 1 heterocycles. The van der Waals surface area contributed by atoms with Gasteiger partial charge in [-0.3, -0.25) is 0 Å². The zero-order valence-corrected chi connectivity index (χ0v) is 8.40. The number of hydrogen-bond donors (Lipinski definition) is 1. The third-order valence-electron chi connectivity index (χ3n) is 1.57. The first kappa shape index (κ1) is 9.00. The molecule has 1 aromatic heterocycles. The van der Waals surface area contributed by atoms with Gasteiger partial charge in [0.2, 0.25) is 0 Å². The summed E-state index contributed by atoms with van der Waals surface area (Å²) >= 11 is 4.14. The Morgan fingerprint density at radius 2 is 2.55 bits per heavy atom. The Balaban J connectivity index is 2.56. The van der Waals surface area contributed by atoms with Gasteiger partial charge in [0.15, 0.2) is 0 Å². The highest BCUT2D eigenvalue weighted by Crippen LogP contribution is 2.17. The number of rotatable bonds is 3. The van der Waals surface area contributed by atoms with Crippen LogP contribution in [0.4, 0.5) is 0 Å². The van der Waals surface area contributed by atoms with Crippen molar-refractivity contribution in [1.29, 1.82) is 0 Å². The molecule has 0 N–H and O–H groups in total. The summed E-state index contributed by atoms with van der Waals surface area (Å²) in [4.78, 5) is 4.22. The summed E-state index contributed by atoms with van der Waals surface area (Å²) in [6, 6.07) is 0. The monoisotopic (exact) mass is 188 g/mol. The van der Waals surface area contributed by atoms with Crippen molar-refractivity contribution in [3.8, 4) is 0 Å². The smallest absolute Gasteiger partial charge is 0.109 e. The number of imidazole rings is 1. The van der Waals surface area contributed by atoms with Crippen LogP contribution in [0.3, 0.4) is 0 Å². The fraction of sp³-hybridized carbons (Fsp3) is 0.571. The van der Waals surface area contributed by atoms with Gasteiger partial charge < -0.3 is 4.57 Å². The largest absolute Gasteiger partial charge is 0.338 e. The number of aryl methyl sites for hydroxylation is 1. The van der Waals surface area contributed by atoms with Gasteiger partial charge in [-0.2, -0.15) is 0 Å². The van der Waals surface area contributed by atoms with Gasteiger partial charge in [-0.25, -0.2) is 4.98 Å². The zero-order valence-electron chi connectivity index (χ0n) is 6.69. The molecular weight excluding hydrogens is 176 g/mol. The molecule has 2 nitrogen and oxygen atoms in total. The van der Waals surface area contributed by atoms with Crippen LogP contribution in [-0.2, 0) is 13.5 Å². The highest BCUT2D eigenvalue weighted by molar-refractivity contribution is 8.68. The summed E-state index contributed by atoms with van der Waals surface area (Å²) in [7, 11) is 3.58. The first-order valence-electron chi connectivity index (χ1n) is 3.50. The van der Waals surface area contributed by atoms with Crippen LogP contribution in [-0.4, -0.2) is 14.8 Å². The van der Waals surface area contributed by atoms with Crippen LogP contribution in [0.5, 0.6) is 0 Å². The predicted molar refractivity (Wildman–Crippen MR) is 53.0 cm³/mol. The highest BCUT2D eigenvalue weighted by atomic mass is 33.1. The summed E-state index contributed by atoms with van der Waals surface area (Å²) in [6.45, 7) is 2.15. The Morgan fingerprint density at radius 1 is 1.82 bits per heavy atom. The average Bonchev–Trinajstić information content (AvgIpc) is 2.37. The predicted octanol–water partition coefficient (Wildman–Crippen LogP) is 1.93. The fourth-order valence-electron chi connectivity index (χ4n) is 0.888. The lowest BCUT2D eigenvalue weighted by atomic mass is 10.3. The van der Waals surface area contributed by atoms with Gasteiger partial charge in [-0.15, -0.1) is 11.7 Å². The number of aromatic nitrogens is 2. The molecule has 62 valence electrons. The van der Waals surface area contributed by atoms with Crippen LogP contribution in [0.25, 0.3) is 0 Å². The summed E-state index contributed by atoms with van der Waals surface area (Å²) < 4.78 is 2.04. The summed E-state index contributed by atoms with van der Waals surface area (Å²) in [5, 5.41) is 0.527. The maximum atomic E-state index is 4.22. The van der Waals surface area contributed by atoms with E-state index in [1.165, 1.54) is 0 Å². The van der Waals surface area contributed by atoms with E-state index < -0.39 is 0 Å². The van der Waals surface area contributed by atoms with Gasteiger partial charge in [-0.05, 0) is 0 Å². The molecule has 1 atom stereocenters. The molecule has 0 bridgehead atoms. The quantitative estimate of drug-likeness (QED) is 0.577. The maximum Gasteiger partial charge on any atom is 0.109 e. The molecule has 0 amide bonds. The van der Waals surface area contributed by atoms with Crippen molar-refractivity contribution < 1.29 is 0 Å². The van der Waals surface area contributed by atoms with Crippen LogP contribution in [0.2, 0.25) is 0 Å². The van der Waals surface area contributed by atoms with E-state index >= 15 is 0 Å². The van der Waals surface area contributed by atoms with Gasteiger partial charge in [0.25, 0.3) is 0 Å². The average molecular weight is 188 g/mol. The topological polar surface area (TPSA) is 17.8 Å². The molecule has 0 saturated carbocycles. The first-order valence-corrected chi connectivity index (χ1v) is 5.43. The van der Waals surface area contributed by atoms with E-state index in [0.29, 0.717) is 5.25 Å². The molecule has 1 unspecified atom stereocenters. The Labute approximate surface area is 76.2 Å². The van der Waals surface area contributed by atoms with Gasteiger partial charge in [0.1, 0.15) is 5.82 Å². The standard InChI is InChI=1S/C7H12N2S2/c1-6(11-10)5-7-8-3-4-9(7)2/h3-4,6,10H,5H2,1-2H3. The van der Waals surface area contributed by atoms with Gasteiger partial charge in [0, 0.05) is 31.1 Å². The van der Waals surface area contributed by atoms with E-state index in [0.717, 1.165) is 12.2 Å². The van der Waals surface area contributed by atoms with E-state index in [1.54, 1.807) is 10.8 Å². The van der Waals surface area contributed by atoms with E-state index in [1.807, 2.05) is 24.0 Å². The lowest BCUT2D eigenvalue weighted by Crippen LogP contribution is -2.05. The van der Waals surface area contributed by atoms with Crippen molar-refractivity contribution >= 4 is 22.5 Å². The molecule has 0 aromatic carbocycles. The van der Waals surface area contributed by atoms with Crippen molar-refractivity contribution in [2.45, 2.75) is 18.6 Å². The van der Waals surface area contributed by atoms with E-state index in [9.17, 15) is 0 Å². The van der Waals surface area contributed by atoms with Crippen LogP contribution in [0, 0.1) is 0 Å². The Morgan fingerprint density at radius 3 is 3.00 bits per heavy atom. The Bertz CT molecular complexity index is 222. The number of thiol groups is 1. The zero-order chi connectivity index (χ0) is 8.27. The van der Waals surface area contributed by atoms with Crippen molar-refractivity contribution in [2.24, 2.45) is 7.05 Å². The van der Waals surface area contributed by atoms with Crippen LogP contribution < -0.4 is 0 Å². The lowest BCUT2D eigenvalue weighted by molar-refractivity contribution is 0.769. The molecule has 0 aliphatic heterocycles. The van der Waals surface area contributed by atoms with E-state index in [-0.39, 0.29) is 0 Å². The minimum absolute atomic E-state index is 0.527. The normalized spacial score (nSPS) is 13.4. The van der Waals surface area contributed by atoms with Crippen LogP contribution in [0.1, 0.15) is 12.7 Å².